The van der Waals surface area contributed by atoms with Gasteiger partial charge in [-0.2, -0.15) is 0 Å². The number of benzene rings is 1. The smallest absolute Gasteiger partial charge is 0.406 e. The summed E-state index contributed by atoms with van der Waals surface area (Å²) in [6.45, 7) is 1.94. The fourth-order valence-corrected chi connectivity index (χ4v) is 5.45. The molecular weight excluding hydrogens is 441 g/mol. The van der Waals surface area contributed by atoms with E-state index in [0.717, 1.165) is 56.5 Å². The maximum absolute atomic E-state index is 12.4. The lowest BCUT2D eigenvalue weighted by molar-refractivity contribution is -0.274. The minimum atomic E-state index is -4.73. The van der Waals surface area contributed by atoms with Crippen LogP contribution in [0.5, 0.6) is 5.75 Å². The summed E-state index contributed by atoms with van der Waals surface area (Å²) in [7, 11) is 0. The van der Waals surface area contributed by atoms with E-state index in [1.165, 1.54) is 25.0 Å². The molecular formula is C24H28ClF3N2O2. The third kappa shape index (κ3) is 5.56. The highest BCUT2D eigenvalue weighted by atomic mass is 35.5. The molecule has 1 aromatic carbocycles. The summed E-state index contributed by atoms with van der Waals surface area (Å²) < 4.78 is 47.4. The molecule has 1 aliphatic heterocycles. The van der Waals surface area contributed by atoms with E-state index >= 15 is 0 Å². The van der Waals surface area contributed by atoms with Crippen molar-refractivity contribution in [3.05, 3.63) is 58.9 Å². The van der Waals surface area contributed by atoms with Gasteiger partial charge in [-0.05, 0) is 68.5 Å². The molecule has 1 aromatic heterocycles. The zero-order chi connectivity index (χ0) is 22.7. The van der Waals surface area contributed by atoms with Crippen molar-refractivity contribution in [3.8, 4) is 5.75 Å². The molecule has 32 heavy (non-hydrogen) atoms. The molecule has 4 nitrogen and oxygen atoms in total. The second-order valence-electron chi connectivity index (χ2n) is 8.89. The second kappa shape index (κ2) is 9.57. The molecule has 0 bridgehead atoms. The van der Waals surface area contributed by atoms with Crippen molar-refractivity contribution in [1.29, 1.82) is 0 Å². The number of alkyl halides is 3. The van der Waals surface area contributed by atoms with E-state index in [1.54, 1.807) is 6.07 Å². The van der Waals surface area contributed by atoms with E-state index in [1.807, 2.05) is 18.3 Å². The van der Waals surface area contributed by atoms with Crippen LogP contribution in [0.2, 0.25) is 5.02 Å². The highest BCUT2D eigenvalue weighted by Gasteiger charge is 2.48. The van der Waals surface area contributed by atoms with E-state index in [-0.39, 0.29) is 21.8 Å². The Labute approximate surface area is 191 Å². The van der Waals surface area contributed by atoms with Crippen molar-refractivity contribution >= 4 is 11.6 Å². The third-order valence-electron chi connectivity index (χ3n) is 6.73. The Morgan fingerprint density at radius 3 is 2.62 bits per heavy atom. The summed E-state index contributed by atoms with van der Waals surface area (Å²) in [5, 5.41) is 3.66. The molecule has 2 aliphatic rings. The maximum atomic E-state index is 12.4. The summed E-state index contributed by atoms with van der Waals surface area (Å²) in [5.74, 6) is -0.315. The van der Waals surface area contributed by atoms with Crippen molar-refractivity contribution in [3.63, 3.8) is 0 Å². The molecule has 1 atom stereocenters. The number of hydrogen-bond donors (Lipinski definition) is 1. The van der Waals surface area contributed by atoms with Gasteiger partial charge in [0.1, 0.15) is 5.75 Å². The third-order valence-corrected chi connectivity index (χ3v) is 7.08. The SMILES string of the molecule is FC(F)(F)Oc1ccc(CNCCC2(c3ccccn3)CCOC3(CCCC3)C2)c(Cl)c1. The van der Waals surface area contributed by atoms with Crippen molar-refractivity contribution in [2.75, 3.05) is 13.2 Å². The zero-order valence-corrected chi connectivity index (χ0v) is 18.6. The molecule has 1 saturated heterocycles. The molecule has 1 N–H and O–H groups in total. The van der Waals surface area contributed by atoms with Gasteiger partial charge >= 0.3 is 6.36 Å². The Hall–Kier alpha value is -1.83. The van der Waals surface area contributed by atoms with Gasteiger partial charge in [0.15, 0.2) is 0 Å². The molecule has 0 amide bonds. The monoisotopic (exact) mass is 468 g/mol. The normalized spacial score (nSPS) is 22.9. The lowest BCUT2D eigenvalue weighted by Crippen LogP contribution is -2.47. The molecule has 2 fully saturated rings. The van der Waals surface area contributed by atoms with Crippen molar-refractivity contribution in [2.45, 2.75) is 68.9 Å². The van der Waals surface area contributed by atoms with Crippen LogP contribution in [0.25, 0.3) is 0 Å². The number of halogens is 4. The number of rotatable bonds is 7. The molecule has 1 saturated carbocycles. The summed E-state index contributed by atoms with van der Waals surface area (Å²) in [6, 6.07) is 10.1. The van der Waals surface area contributed by atoms with E-state index < -0.39 is 6.36 Å². The van der Waals surface area contributed by atoms with Gasteiger partial charge in [0, 0.05) is 35.5 Å². The van der Waals surface area contributed by atoms with Crippen LogP contribution in [0.1, 0.15) is 56.2 Å². The second-order valence-corrected chi connectivity index (χ2v) is 9.30. The van der Waals surface area contributed by atoms with Crippen LogP contribution in [-0.2, 0) is 16.7 Å². The zero-order valence-electron chi connectivity index (χ0n) is 17.9. The molecule has 1 spiro atoms. The number of hydrogen-bond acceptors (Lipinski definition) is 4. The van der Waals surface area contributed by atoms with Crippen LogP contribution in [0.3, 0.4) is 0 Å². The van der Waals surface area contributed by atoms with E-state index in [0.29, 0.717) is 6.54 Å². The topological polar surface area (TPSA) is 43.4 Å². The van der Waals surface area contributed by atoms with Gasteiger partial charge in [0.05, 0.1) is 5.60 Å². The standard InChI is InChI=1S/C24H28ClF3N2O2/c25-20-15-19(32-24(26,27)28)7-6-18(20)16-29-13-10-22(21-5-1-4-12-30-21)11-14-31-23(17-22)8-2-3-9-23/h1,4-7,12,15,29H,2-3,8-11,13-14,16-17H2. The van der Waals surface area contributed by atoms with Crippen LogP contribution in [0.4, 0.5) is 13.2 Å². The highest BCUT2D eigenvalue weighted by Crippen LogP contribution is 2.49. The minimum absolute atomic E-state index is 0.0343. The van der Waals surface area contributed by atoms with E-state index in [2.05, 4.69) is 16.1 Å². The lowest BCUT2D eigenvalue weighted by Gasteiger charge is -2.46. The molecule has 4 rings (SSSR count). The number of nitrogens with one attached hydrogen (secondary N) is 1. The fraction of sp³-hybridized carbons (Fsp3) is 0.542. The molecule has 1 unspecified atom stereocenters. The Bertz CT molecular complexity index is 904. The maximum Gasteiger partial charge on any atom is 0.573 e. The number of aromatic nitrogens is 1. The van der Waals surface area contributed by atoms with Gasteiger partial charge in [-0.15, -0.1) is 13.2 Å². The van der Waals surface area contributed by atoms with Gasteiger partial charge in [-0.25, -0.2) is 0 Å². The quantitative estimate of drug-likeness (QED) is 0.493. The first-order chi connectivity index (χ1) is 15.3. The average Bonchev–Trinajstić information content (AvgIpc) is 3.19. The average molecular weight is 469 g/mol. The molecule has 8 heteroatoms. The molecule has 2 heterocycles. The summed E-state index contributed by atoms with van der Waals surface area (Å²) in [4.78, 5) is 4.71. The van der Waals surface area contributed by atoms with Gasteiger partial charge in [0.25, 0.3) is 0 Å². The van der Waals surface area contributed by atoms with Crippen LogP contribution < -0.4 is 10.1 Å². The van der Waals surface area contributed by atoms with Crippen LogP contribution in [-0.4, -0.2) is 30.1 Å². The van der Waals surface area contributed by atoms with Gasteiger partial charge < -0.3 is 14.8 Å². The summed E-state index contributed by atoms with van der Waals surface area (Å²) >= 11 is 6.18. The van der Waals surface area contributed by atoms with Crippen LogP contribution in [0.15, 0.2) is 42.6 Å². The van der Waals surface area contributed by atoms with Gasteiger partial charge in [-0.1, -0.05) is 36.6 Å². The van der Waals surface area contributed by atoms with E-state index in [9.17, 15) is 13.2 Å². The van der Waals surface area contributed by atoms with Crippen molar-refractivity contribution in [1.82, 2.24) is 10.3 Å². The van der Waals surface area contributed by atoms with Crippen molar-refractivity contribution < 1.29 is 22.6 Å². The predicted molar refractivity (Wildman–Crippen MR) is 117 cm³/mol. The Morgan fingerprint density at radius 2 is 1.94 bits per heavy atom. The van der Waals surface area contributed by atoms with Crippen molar-refractivity contribution in [2.24, 2.45) is 0 Å². The van der Waals surface area contributed by atoms with Gasteiger partial charge in [0.2, 0.25) is 0 Å². The minimum Gasteiger partial charge on any atom is -0.406 e. The number of ether oxygens (including phenoxy) is 2. The summed E-state index contributed by atoms with van der Waals surface area (Å²) in [5.41, 5.74) is 1.76. The molecule has 174 valence electrons. The Morgan fingerprint density at radius 1 is 1.12 bits per heavy atom. The first-order valence-electron chi connectivity index (χ1n) is 11.1. The molecule has 1 aliphatic carbocycles. The number of pyridine rings is 1. The highest BCUT2D eigenvalue weighted by molar-refractivity contribution is 6.31. The fourth-order valence-electron chi connectivity index (χ4n) is 5.22. The summed E-state index contributed by atoms with van der Waals surface area (Å²) in [6.07, 6.45) is 4.57. The Balaban J connectivity index is 1.40. The first kappa shape index (κ1) is 23.3. The number of nitrogens with zero attached hydrogens (tertiary/aromatic N) is 1. The van der Waals surface area contributed by atoms with Gasteiger partial charge in [-0.3, -0.25) is 4.98 Å². The molecule has 2 aromatic rings. The van der Waals surface area contributed by atoms with E-state index in [4.69, 9.17) is 21.3 Å². The largest absolute Gasteiger partial charge is 0.573 e. The Kier molecular flexibility index (Phi) is 6.98. The van der Waals surface area contributed by atoms with Crippen LogP contribution >= 0.6 is 11.6 Å². The first-order valence-corrected chi connectivity index (χ1v) is 11.5. The lowest BCUT2D eigenvalue weighted by atomic mass is 9.68. The molecule has 0 radical (unpaired) electrons. The predicted octanol–water partition coefficient (Wildman–Crippen LogP) is 6.17. The van der Waals surface area contributed by atoms with Crippen LogP contribution in [0, 0.1) is 0 Å².